The highest BCUT2D eigenvalue weighted by Gasteiger charge is 2.20. The molecule has 1 aromatic heterocycles. The number of nitrogens with one attached hydrogen (secondary N) is 2. The van der Waals surface area contributed by atoms with Gasteiger partial charge in [-0.2, -0.15) is 5.10 Å². The molecule has 0 atom stereocenters. The fraction of sp³-hybridized carbons (Fsp3) is 0.333. The number of nitrogens with zero attached hydrogens (tertiary/aromatic N) is 3. The quantitative estimate of drug-likeness (QED) is 0.669. The highest BCUT2D eigenvalue weighted by Crippen LogP contribution is 2.15. The van der Waals surface area contributed by atoms with E-state index in [2.05, 4.69) is 25.7 Å². The third-order valence-electron chi connectivity index (χ3n) is 2.87. The van der Waals surface area contributed by atoms with Crippen LogP contribution in [0.3, 0.4) is 0 Å². The van der Waals surface area contributed by atoms with Crippen LogP contribution in [0.25, 0.3) is 0 Å². The molecule has 2 rings (SSSR count). The summed E-state index contributed by atoms with van der Waals surface area (Å²) in [6.45, 7) is 7.76. The molecule has 2 aromatic rings. The van der Waals surface area contributed by atoms with Gasteiger partial charge in [0.2, 0.25) is 5.95 Å². The number of hydrazone groups is 1. The molecule has 0 saturated carbocycles. The molecule has 21 heavy (non-hydrogen) atoms. The van der Waals surface area contributed by atoms with Gasteiger partial charge in [-0.15, -0.1) is 10.2 Å². The Morgan fingerprint density at radius 1 is 1.19 bits per heavy atom. The minimum absolute atomic E-state index is 0.219. The van der Waals surface area contributed by atoms with Gasteiger partial charge in [0, 0.05) is 5.41 Å². The Morgan fingerprint density at radius 3 is 2.43 bits per heavy atom. The molecule has 110 valence electrons. The second kappa shape index (κ2) is 5.87. The van der Waals surface area contributed by atoms with Crippen LogP contribution in [0.15, 0.2) is 34.2 Å². The summed E-state index contributed by atoms with van der Waals surface area (Å²) in [5.41, 5.74) is 4.61. The van der Waals surface area contributed by atoms with Gasteiger partial charge in [-0.05, 0) is 12.5 Å². The van der Waals surface area contributed by atoms with Gasteiger partial charge in [0.15, 0.2) is 0 Å². The van der Waals surface area contributed by atoms with Crippen molar-refractivity contribution < 1.29 is 0 Å². The molecule has 0 amide bonds. The lowest BCUT2D eigenvalue weighted by atomic mass is 9.93. The number of anilines is 1. The molecular formula is C15H19N5O. The smallest absolute Gasteiger partial charge is 0.274 e. The van der Waals surface area contributed by atoms with Gasteiger partial charge < -0.3 is 0 Å². The summed E-state index contributed by atoms with van der Waals surface area (Å²) in [5, 5.41) is 11.9. The molecule has 0 unspecified atom stereocenters. The van der Waals surface area contributed by atoms with Crippen LogP contribution in [0.1, 0.15) is 37.6 Å². The molecule has 0 fully saturated rings. The van der Waals surface area contributed by atoms with Crippen LogP contribution in [0.2, 0.25) is 0 Å². The van der Waals surface area contributed by atoms with Crippen molar-refractivity contribution in [3.63, 3.8) is 0 Å². The lowest BCUT2D eigenvalue weighted by Gasteiger charge is -2.15. The number of aryl methyl sites for hydroxylation is 1. The zero-order valence-electron chi connectivity index (χ0n) is 12.6. The zero-order chi connectivity index (χ0) is 15.5. The largest absolute Gasteiger partial charge is 0.288 e. The maximum absolute atomic E-state index is 11.9. The summed E-state index contributed by atoms with van der Waals surface area (Å²) in [6.07, 6.45) is 1.65. The monoisotopic (exact) mass is 285 g/mol. The number of H-pyrrole nitrogens is 1. The van der Waals surface area contributed by atoms with Crippen LogP contribution < -0.4 is 11.0 Å². The van der Waals surface area contributed by atoms with Crippen molar-refractivity contribution in [3.8, 4) is 0 Å². The van der Waals surface area contributed by atoms with E-state index < -0.39 is 0 Å². The molecule has 1 aromatic carbocycles. The van der Waals surface area contributed by atoms with Gasteiger partial charge in [-0.3, -0.25) is 9.78 Å². The van der Waals surface area contributed by atoms with Crippen LogP contribution >= 0.6 is 0 Å². The van der Waals surface area contributed by atoms with Crippen molar-refractivity contribution in [2.45, 2.75) is 33.1 Å². The van der Waals surface area contributed by atoms with Crippen molar-refractivity contribution in [1.29, 1.82) is 0 Å². The van der Waals surface area contributed by atoms with Gasteiger partial charge in [-0.25, -0.2) is 5.43 Å². The van der Waals surface area contributed by atoms with E-state index in [0.717, 1.165) is 5.56 Å². The summed E-state index contributed by atoms with van der Waals surface area (Å²) >= 11 is 0. The molecule has 0 aliphatic heterocycles. The van der Waals surface area contributed by atoms with Gasteiger partial charge in [0.25, 0.3) is 5.56 Å². The van der Waals surface area contributed by atoms with E-state index in [1.165, 1.54) is 5.56 Å². The van der Waals surface area contributed by atoms with E-state index in [1.807, 2.05) is 52.0 Å². The van der Waals surface area contributed by atoms with Gasteiger partial charge in [0.1, 0.15) is 5.69 Å². The number of aromatic nitrogens is 3. The number of hydrogen-bond acceptors (Lipinski definition) is 5. The molecule has 0 bridgehead atoms. The van der Waals surface area contributed by atoms with Crippen LogP contribution in [-0.4, -0.2) is 21.4 Å². The van der Waals surface area contributed by atoms with Crippen LogP contribution in [-0.2, 0) is 5.41 Å². The van der Waals surface area contributed by atoms with Gasteiger partial charge >= 0.3 is 0 Å². The number of hydrogen-bond donors (Lipinski definition) is 2. The molecule has 2 N–H and O–H groups in total. The van der Waals surface area contributed by atoms with E-state index in [9.17, 15) is 4.79 Å². The van der Waals surface area contributed by atoms with E-state index in [1.54, 1.807) is 6.21 Å². The third-order valence-corrected chi connectivity index (χ3v) is 2.87. The molecule has 6 nitrogen and oxygen atoms in total. The lowest BCUT2D eigenvalue weighted by molar-refractivity contribution is 0.547. The van der Waals surface area contributed by atoms with Crippen LogP contribution in [0.5, 0.6) is 0 Å². The normalized spacial score (nSPS) is 11.8. The van der Waals surface area contributed by atoms with E-state index in [4.69, 9.17) is 0 Å². The Morgan fingerprint density at radius 2 is 1.86 bits per heavy atom. The number of aromatic amines is 1. The summed E-state index contributed by atoms with van der Waals surface area (Å²) in [4.78, 5) is 14.5. The second-order valence-electron chi connectivity index (χ2n) is 5.88. The first kappa shape index (κ1) is 14.9. The van der Waals surface area contributed by atoms with Crippen molar-refractivity contribution in [2.24, 2.45) is 5.10 Å². The molecule has 0 aliphatic carbocycles. The SMILES string of the molecule is Cc1ccc(C=NNc2nnc(C(C)(C)C)c(=O)[nH]2)cc1. The van der Waals surface area contributed by atoms with Crippen molar-refractivity contribution in [2.75, 3.05) is 5.43 Å². The standard InChI is InChI=1S/C15H19N5O/c1-10-5-7-11(8-6-10)9-16-19-14-17-13(21)12(18-20-14)15(2,3)4/h5-9H,1-4H3,(H2,17,19,20,21). The maximum atomic E-state index is 11.9. The van der Waals surface area contributed by atoms with Gasteiger partial charge in [-0.1, -0.05) is 50.6 Å². The van der Waals surface area contributed by atoms with Crippen molar-refractivity contribution >= 4 is 12.2 Å². The zero-order valence-corrected chi connectivity index (χ0v) is 12.6. The van der Waals surface area contributed by atoms with Crippen molar-refractivity contribution in [3.05, 3.63) is 51.4 Å². The fourth-order valence-electron chi connectivity index (χ4n) is 1.70. The van der Waals surface area contributed by atoms with Crippen molar-refractivity contribution in [1.82, 2.24) is 15.2 Å². The molecule has 0 saturated heterocycles. The summed E-state index contributed by atoms with van der Waals surface area (Å²) in [6, 6.07) is 7.91. The fourth-order valence-corrected chi connectivity index (χ4v) is 1.70. The molecular weight excluding hydrogens is 266 g/mol. The first-order chi connectivity index (χ1) is 9.86. The Bertz CT molecular complexity index is 695. The van der Waals surface area contributed by atoms with Crippen LogP contribution in [0, 0.1) is 6.92 Å². The minimum atomic E-state index is -0.343. The first-order valence-corrected chi connectivity index (χ1v) is 6.69. The minimum Gasteiger partial charge on any atom is -0.288 e. The average molecular weight is 285 g/mol. The molecule has 0 spiro atoms. The van der Waals surface area contributed by atoms with Gasteiger partial charge in [0.05, 0.1) is 6.21 Å². The van der Waals surface area contributed by atoms with E-state index >= 15 is 0 Å². The molecule has 6 heteroatoms. The molecule has 1 heterocycles. The topological polar surface area (TPSA) is 83.0 Å². The predicted molar refractivity (Wildman–Crippen MR) is 83.7 cm³/mol. The highest BCUT2D eigenvalue weighted by atomic mass is 16.1. The van der Waals surface area contributed by atoms with E-state index in [-0.39, 0.29) is 16.9 Å². The number of rotatable bonds is 3. The Kier molecular flexibility index (Phi) is 4.16. The summed E-state index contributed by atoms with van der Waals surface area (Å²) in [7, 11) is 0. The lowest BCUT2D eigenvalue weighted by Crippen LogP contribution is -2.28. The Hall–Kier alpha value is -2.50. The molecule has 0 radical (unpaired) electrons. The predicted octanol–water partition coefficient (Wildman–Crippen LogP) is 2.22. The second-order valence-corrected chi connectivity index (χ2v) is 5.88. The average Bonchev–Trinajstić information content (AvgIpc) is 2.40. The summed E-state index contributed by atoms with van der Waals surface area (Å²) in [5.74, 6) is 0.219. The number of benzene rings is 1. The Labute approximate surface area is 123 Å². The van der Waals surface area contributed by atoms with Crippen LogP contribution in [0.4, 0.5) is 5.95 Å². The Balaban J connectivity index is 2.09. The first-order valence-electron chi connectivity index (χ1n) is 6.69. The highest BCUT2D eigenvalue weighted by molar-refractivity contribution is 5.79. The maximum Gasteiger partial charge on any atom is 0.274 e. The summed E-state index contributed by atoms with van der Waals surface area (Å²) < 4.78 is 0. The molecule has 0 aliphatic rings. The van der Waals surface area contributed by atoms with E-state index in [0.29, 0.717) is 5.69 Å². The third kappa shape index (κ3) is 3.98.